The molecule has 7 heteroatoms. The van der Waals surface area contributed by atoms with Gasteiger partial charge in [-0.3, -0.25) is 0 Å². The highest BCUT2D eigenvalue weighted by molar-refractivity contribution is 7.09. The summed E-state index contributed by atoms with van der Waals surface area (Å²) < 4.78 is 17.0. The summed E-state index contributed by atoms with van der Waals surface area (Å²) in [6.45, 7) is 3.84. The number of thiophene rings is 1. The topological polar surface area (TPSA) is 52.6 Å². The molecule has 3 heterocycles. The Morgan fingerprint density at radius 2 is 2.04 bits per heavy atom. The Morgan fingerprint density at radius 1 is 1.22 bits per heavy atom. The maximum absolute atomic E-state index is 5.73. The minimum atomic E-state index is 0.149. The summed E-state index contributed by atoms with van der Waals surface area (Å²) in [5.74, 6) is 2.32. The van der Waals surface area contributed by atoms with Gasteiger partial charge in [-0.15, -0.1) is 11.3 Å². The van der Waals surface area contributed by atoms with Crippen LogP contribution in [0.4, 0.5) is 0 Å². The number of hydrogen-bond acceptors (Lipinski definition) is 7. The molecule has 1 aliphatic rings. The molecular formula is C20H22N2O3S2. The van der Waals surface area contributed by atoms with Gasteiger partial charge in [-0.25, -0.2) is 4.98 Å². The first-order valence-corrected chi connectivity index (χ1v) is 10.7. The quantitative estimate of drug-likeness (QED) is 0.636. The Hall–Kier alpha value is -2.09. The predicted octanol–water partition coefficient (Wildman–Crippen LogP) is 4.37. The first-order valence-electron chi connectivity index (χ1n) is 8.86. The van der Waals surface area contributed by atoms with Crippen LogP contribution in [0.15, 0.2) is 34.3 Å². The van der Waals surface area contributed by atoms with Crippen LogP contribution in [0.1, 0.15) is 27.9 Å². The zero-order chi connectivity index (χ0) is 18.6. The number of methoxy groups -OCH3 is 1. The van der Waals surface area contributed by atoms with Gasteiger partial charge < -0.3 is 19.5 Å². The van der Waals surface area contributed by atoms with Crippen LogP contribution in [0.5, 0.6) is 17.2 Å². The molecular weight excluding hydrogens is 380 g/mol. The van der Waals surface area contributed by atoms with Crippen molar-refractivity contribution in [3.63, 3.8) is 0 Å². The number of fused-ring (bicyclic) bond motifs is 1. The lowest BCUT2D eigenvalue weighted by Crippen LogP contribution is -2.23. The van der Waals surface area contributed by atoms with Gasteiger partial charge in [0.2, 0.25) is 0 Å². The average Bonchev–Trinajstić information content (AvgIpc) is 3.36. The second-order valence-corrected chi connectivity index (χ2v) is 8.07. The Morgan fingerprint density at radius 3 is 2.70 bits per heavy atom. The van der Waals surface area contributed by atoms with Crippen LogP contribution in [-0.2, 0) is 13.0 Å². The lowest BCUT2D eigenvalue weighted by Gasteiger charge is -2.22. The monoisotopic (exact) mass is 402 g/mol. The van der Waals surface area contributed by atoms with Crippen LogP contribution in [0.2, 0.25) is 0 Å². The Labute approximate surface area is 166 Å². The fourth-order valence-corrected chi connectivity index (χ4v) is 4.65. The summed E-state index contributed by atoms with van der Waals surface area (Å²) in [6.07, 6.45) is 0.906. The third-order valence-corrected chi connectivity index (χ3v) is 6.25. The van der Waals surface area contributed by atoms with Crippen molar-refractivity contribution < 1.29 is 14.2 Å². The summed E-state index contributed by atoms with van der Waals surface area (Å²) in [7, 11) is 1.68. The van der Waals surface area contributed by atoms with E-state index in [1.54, 1.807) is 29.8 Å². The number of nitrogens with one attached hydrogen (secondary N) is 1. The second-order valence-electron chi connectivity index (χ2n) is 6.40. The van der Waals surface area contributed by atoms with Gasteiger partial charge in [-0.1, -0.05) is 0 Å². The molecule has 5 nitrogen and oxygen atoms in total. The van der Waals surface area contributed by atoms with Crippen molar-refractivity contribution in [2.45, 2.75) is 25.9 Å². The van der Waals surface area contributed by atoms with Crippen molar-refractivity contribution in [1.29, 1.82) is 0 Å². The van der Waals surface area contributed by atoms with E-state index in [0.29, 0.717) is 19.8 Å². The lowest BCUT2D eigenvalue weighted by atomic mass is 10.1. The van der Waals surface area contributed by atoms with Crippen LogP contribution in [-0.4, -0.2) is 25.3 Å². The van der Waals surface area contributed by atoms with Gasteiger partial charge in [0.1, 0.15) is 24.0 Å². The summed E-state index contributed by atoms with van der Waals surface area (Å²) in [4.78, 5) is 4.70. The molecule has 4 rings (SSSR count). The maximum atomic E-state index is 5.73. The molecule has 1 atom stereocenters. The molecule has 1 N–H and O–H groups in total. The summed E-state index contributed by atoms with van der Waals surface area (Å²) in [6, 6.07) is 6.24. The molecule has 0 saturated carbocycles. The molecule has 0 radical (unpaired) electrons. The summed E-state index contributed by atoms with van der Waals surface area (Å²) in [5, 5.41) is 11.2. The second kappa shape index (κ2) is 8.29. The van der Waals surface area contributed by atoms with Gasteiger partial charge in [-0.05, 0) is 41.8 Å². The fourth-order valence-electron chi connectivity index (χ4n) is 3.10. The Kier molecular flexibility index (Phi) is 5.61. The number of ether oxygens (including phenoxy) is 3. The standard InChI is InChI=1S/C20H22N2O3S2/c1-13-11-27-20(22-13)16(7-14-3-6-26-12-14)21-10-15-8-18-19(9-17(15)23-2)25-5-4-24-18/h3,6,8-9,11-12,16,21H,4-5,7,10H2,1-2H3. The number of aryl methyl sites for hydroxylation is 1. The highest BCUT2D eigenvalue weighted by atomic mass is 32.1. The first-order chi connectivity index (χ1) is 13.2. The summed E-state index contributed by atoms with van der Waals surface area (Å²) in [5.41, 5.74) is 3.42. The molecule has 27 heavy (non-hydrogen) atoms. The normalized spacial score (nSPS) is 14.1. The van der Waals surface area contributed by atoms with Crippen LogP contribution in [0, 0.1) is 6.92 Å². The molecule has 2 aromatic heterocycles. The van der Waals surface area contributed by atoms with Crippen LogP contribution < -0.4 is 19.5 Å². The highest BCUT2D eigenvalue weighted by Gasteiger charge is 2.19. The van der Waals surface area contributed by atoms with E-state index in [2.05, 4.69) is 27.5 Å². The van der Waals surface area contributed by atoms with E-state index >= 15 is 0 Å². The molecule has 1 aliphatic heterocycles. The predicted molar refractivity (Wildman–Crippen MR) is 108 cm³/mol. The van der Waals surface area contributed by atoms with Gasteiger partial charge in [0, 0.05) is 29.2 Å². The largest absolute Gasteiger partial charge is 0.496 e. The van der Waals surface area contributed by atoms with Crippen molar-refractivity contribution >= 4 is 22.7 Å². The van der Waals surface area contributed by atoms with E-state index in [9.17, 15) is 0 Å². The number of hydrogen-bond donors (Lipinski definition) is 1. The van der Waals surface area contributed by atoms with Gasteiger partial charge in [0.05, 0.1) is 13.2 Å². The number of aromatic nitrogens is 1. The molecule has 1 aromatic carbocycles. The Balaban J connectivity index is 1.55. The molecule has 0 fully saturated rings. The average molecular weight is 403 g/mol. The smallest absolute Gasteiger partial charge is 0.165 e. The molecule has 0 saturated heterocycles. The molecule has 0 amide bonds. The van der Waals surface area contributed by atoms with Gasteiger partial charge in [0.25, 0.3) is 0 Å². The van der Waals surface area contributed by atoms with E-state index in [1.165, 1.54) is 5.56 Å². The third-order valence-electron chi connectivity index (χ3n) is 4.44. The van der Waals surface area contributed by atoms with E-state index < -0.39 is 0 Å². The molecule has 1 unspecified atom stereocenters. The Bertz CT molecular complexity index is 893. The number of thiazole rings is 1. The minimum absolute atomic E-state index is 0.149. The van der Waals surface area contributed by atoms with Crippen molar-refractivity contribution in [3.05, 3.63) is 56.2 Å². The van der Waals surface area contributed by atoms with Gasteiger partial charge in [-0.2, -0.15) is 11.3 Å². The number of rotatable bonds is 7. The van der Waals surface area contributed by atoms with Gasteiger partial charge >= 0.3 is 0 Å². The van der Waals surface area contributed by atoms with E-state index in [-0.39, 0.29) is 6.04 Å². The fraction of sp³-hybridized carbons (Fsp3) is 0.350. The molecule has 0 bridgehead atoms. The van der Waals surface area contributed by atoms with Crippen molar-refractivity contribution in [3.8, 4) is 17.2 Å². The molecule has 0 aliphatic carbocycles. The third kappa shape index (κ3) is 4.26. The zero-order valence-electron chi connectivity index (χ0n) is 15.4. The summed E-state index contributed by atoms with van der Waals surface area (Å²) >= 11 is 3.42. The highest BCUT2D eigenvalue weighted by Crippen LogP contribution is 2.37. The number of nitrogens with zero attached hydrogens (tertiary/aromatic N) is 1. The van der Waals surface area contributed by atoms with Crippen molar-refractivity contribution in [2.24, 2.45) is 0 Å². The van der Waals surface area contributed by atoms with E-state index in [4.69, 9.17) is 19.2 Å². The minimum Gasteiger partial charge on any atom is -0.496 e. The SMILES string of the molecule is COc1cc2c(cc1CNC(Cc1ccsc1)c1nc(C)cs1)OCCO2. The van der Waals surface area contributed by atoms with Crippen LogP contribution in [0.25, 0.3) is 0 Å². The zero-order valence-corrected chi connectivity index (χ0v) is 17.0. The van der Waals surface area contributed by atoms with E-state index in [0.717, 1.165) is 39.9 Å². The van der Waals surface area contributed by atoms with Crippen LogP contribution >= 0.6 is 22.7 Å². The molecule has 0 spiro atoms. The lowest BCUT2D eigenvalue weighted by molar-refractivity contribution is 0.170. The van der Waals surface area contributed by atoms with E-state index in [1.807, 2.05) is 19.1 Å². The number of benzene rings is 1. The van der Waals surface area contributed by atoms with Crippen molar-refractivity contribution in [1.82, 2.24) is 10.3 Å². The first kappa shape index (κ1) is 18.3. The van der Waals surface area contributed by atoms with Crippen LogP contribution in [0.3, 0.4) is 0 Å². The van der Waals surface area contributed by atoms with Crippen molar-refractivity contribution in [2.75, 3.05) is 20.3 Å². The molecule has 142 valence electrons. The molecule has 3 aromatic rings. The maximum Gasteiger partial charge on any atom is 0.165 e. The van der Waals surface area contributed by atoms with Gasteiger partial charge in [0.15, 0.2) is 11.5 Å².